The third kappa shape index (κ3) is 8.77. The van der Waals surface area contributed by atoms with Crippen LogP contribution in [-0.4, -0.2) is 65.3 Å². The normalized spacial score (nSPS) is 19.5. The minimum atomic E-state index is -1.03. The van der Waals surface area contributed by atoms with Crippen molar-refractivity contribution in [1.29, 1.82) is 0 Å². The predicted octanol–water partition coefficient (Wildman–Crippen LogP) is 9.55. The minimum Gasteiger partial charge on any atom is -0.444 e. The van der Waals surface area contributed by atoms with Gasteiger partial charge in [-0.15, -0.1) is 11.8 Å². The molecule has 5 aromatic carbocycles. The van der Waals surface area contributed by atoms with Crippen LogP contribution in [0.25, 0.3) is 10.8 Å². The Morgan fingerprint density at radius 3 is 1.96 bits per heavy atom. The second-order valence-electron chi connectivity index (χ2n) is 15.8. The summed E-state index contributed by atoms with van der Waals surface area (Å²) in [6.45, 7) is 9.26. The molecule has 1 heterocycles. The van der Waals surface area contributed by atoms with Gasteiger partial charge in [0.25, 0.3) is 5.91 Å². The van der Waals surface area contributed by atoms with Crippen LogP contribution in [0.1, 0.15) is 80.4 Å². The molecule has 5 aromatic rings. The standard InChI is InChI=1S/C47H53N3O4S/c1-34(55-47(36-19-8-5-9-20-36,37-21-10-6-11-22-37)38-23-12-7-13-24-38)33-42-46(29-32-53-39-27-28-39,49-44(52)54-45(2,3)4)48-30-31-50(42)43(51)41-26-16-18-35-17-14-15-25-40(35)41/h5-26,34,39,42,48H,27-33H2,1-4H3,(H,49,52)/t34-,42?,46?/m0/s1. The van der Waals surface area contributed by atoms with Crippen LogP contribution in [0.5, 0.6) is 0 Å². The van der Waals surface area contributed by atoms with Crippen molar-refractivity contribution in [3.8, 4) is 0 Å². The topological polar surface area (TPSA) is 79.9 Å². The average molecular weight is 756 g/mol. The Morgan fingerprint density at radius 1 is 0.818 bits per heavy atom. The Morgan fingerprint density at radius 2 is 1.38 bits per heavy atom. The van der Waals surface area contributed by atoms with E-state index in [4.69, 9.17) is 9.47 Å². The summed E-state index contributed by atoms with van der Waals surface area (Å²) in [6, 6.07) is 45.6. The Labute approximate surface area is 330 Å². The maximum atomic E-state index is 15.1. The van der Waals surface area contributed by atoms with Crippen LogP contribution >= 0.6 is 11.8 Å². The lowest BCUT2D eigenvalue weighted by molar-refractivity contribution is -0.00889. The third-order valence-corrected chi connectivity index (χ3v) is 12.2. The van der Waals surface area contributed by atoms with Gasteiger partial charge >= 0.3 is 6.09 Å². The van der Waals surface area contributed by atoms with E-state index < -0.39 is 28.1 Å². The zero-order chi connectivity index (χ0) is 38.5. The molecule has 8 heteroatoms. The average Bonchev–Trinajstić information content (AvgIpc) is 4.02. The summed E-state index contributed by atoms with van der Waals surface area (Å²) >= 11 is 1.88. The lowest BCUT2D eigenvalue weighted by Gasteiger charge is -2.52. The van der Waals surface area contributed by atoms with E-state index in [9.17, 15) is 4.79 Å². The number of fused-ring (bicyclic) bond motifs is 1. The van der Waals surface area contributed by atoms with Crippen molar-refractivity contribution in [3.05, 3.63) is 156 Å². The van der Waals surface area contributed by atoms with Crippen LogP contribution < -0.4 is 10.6 Å². The molecule has 286 valence electrons. The number of hydrogen-bond donors (Lipinski definition) is 2. The van der Waals surface area contributed by atoms with E-state index in [-0.39, 0.29) is 17.3 Å². The van der Waals surface area contributed by atoms with Gasteiger partial charge in [-0.05, 0) is 73.6 Å². The molecule has 55 heavy (non-hydrogen) atoms. The predicted molar refractivity (Wildman–Crippen MR) is 223 cm³/mol. The van der Waals surface area contributed by atoms with Crippen LogP contribution in [0, 0.1) is 0 Å². The maximum Gasteiger partial charge on any atom is 0.409 e. The highest BCUT2D eigenvalue weighted by Crippen LogP contribution is 2.51. The van der Waals surface area contributed by atoms with Crippen LogP contribution in [0.4, 0.5) is 4.79 Å². The van der Waals surface area contributed by atoms with E-state index in [1.807, 2.05) is 79.9 Å². The molecule has 3 atom stereocenters. The van der Waals surface area contributed by atoms with Gasteiger partial charge in [0.05, 0.1) is 23.5 Å². The summed E-state index contributed by atoms with van der Waals surface area (Å²) < 4.78 is 11.6. The van der Waals surface area contributed by atoms with Gasteiger partial charge in [0.15, 0.2) is 0 Å². The quantitative estimate of drug-likeness (QED) is 0.117. The Kier molecular flexibility index (Phi) is 11.7. The summed E-state index contributed by atoms with van der Waals surface area (Å²) in [5.74, 6) is -0.0561. The van der Waals surface area contributed by atoms with Gasteiger partial charge < -0.3 is 19.7 Å². The zero-order valence-electron chi connectivity index (χ0n) is 32.4. The molecule has 2 N–H and O–H groups in total. The first-order valence-corrected chi connectivity index (χ1v) is 20.5. The van der Waals surface area contributed by atoms with E-state index in [0.29, 0.717) is 38.1 Å². The zero-order valence-corrected chi connectivity index (χ0v) is 33.2. The van der Waals surface area contributed by atoms with Crippen molar-refractivity contribution in [2.75, 3.05) is 19.7 Å². The number of benzene rings is 5. The molecule has 1 saturated carbocycles. The first-order valence-electron chi connectivity index (χ1n) is 19.6. The Hall–Kier alpha value is -4.63. The molecule has 1 saturated heterocycles. The molecule has 7 nitrogen and oxygen atoms in total. The molecule has 0 spiro atoms. The summed E-state index contributed by atoms with van der Waals surface area (Å²) in [6.07, 6.45) is 2.84. The molecule has 2 aliphatic rings. The highest BCUT2D eigenvalue weighted by Gasteiger charge is 2.50. The highest BCUT2D eigenvalue weighted by atomic mass is 32.2. The monoisotopic (exact) mass is 755 g/mol. The van der Waals surface area contributed by atoms with E-state index in [1.54, 1.807) is 0 Å². The van der Waals surface area contributed by atoms with E-state index >= 15 is 4.79 Å². The van der Waals surface area contributed by atoms with Crippen molar-refractivity contribution in [3.63, 3.8) is 0 Å². The summed E-state index contributed by atoms with van der Waals surface area (Å²) in [4.78, 5) is 30.9. The molecule has 2 unspecified atom stereocenters. The lowest BCUT2D eigenvalue weighted by Crippen LogP contribution is -2.75. The van der Waals surface area contributed by atoms with Crippen molar-refractivity contribution >= 4 is 34.5 Å². The van der Waals surface area contributed by atoms with Gasteiger partial charge in [-0.1, -0.05) is 134 Å². The summed E-state index contributed by atoms with van der Waals surface area (Å²) in [5.41, 5.74) is 2.43. The fourth-order valence-electron chi connectivity index (χ4n) is 8.02. The number of hydrogen-bond acceptors (Lipinski definition) is 6. The van der Waals surface area contributed by atoms with E-state index in [2.05, 4.69) is 109 Å². The number of carbonyl (C=O) groups excluding carboxylic acids is 2. The number of nitrogens with zero attached hydrogens (tertiary/aromatic N) is 1. The fourth-order valence-corrected chi connectivity index (χ4v) is 9.71. The van der Waals surface area contributed by atoms with Gasteiger partial charge in [-0.25, -0.2) is 4.79 Å². The smallest absolute Gasteiger partial charge is 0.409 e. The maximum absolute atomic E-state index is 15.1. The van der Waals surface area contributed by atoms with Gasteiger partial charge in [0.1, 0.15) is 11.3 Å². The van der Waals surface area contributed by atoms with Crippen molar-refractivity contribution < 1.29 is 19.1 Å². The number of piperazine rings is 1. The minimum absolute atomic E-state index is 0.0162. The number of ether oxygens (including phenoxy) is 2. The third-order valence-electron chi connectivity index (χ3n) is 10.6. The van der Waals surface area contributed by atoms with Crippen molar-refractivity contribution in [2.24, 2.45) is 0 Å². The van der Waals surface area contributed by atoms with E-state index in [0.717, 1.165) is 23.6 Å². The Balaban J connectivity index is 1.33. The second-order valence-corrected chi connectivity index (χ2v) is 17.5. The molecule has 1 aliphatic carbocycles. The van der Waals surface area contributed by atoms with Crippen LogP contribution in [0.15, 0.2) is 133 Å². The molecule has 0 bridgehead atoms. The summed E-state index contributed by atoms with van der Waals surface area (Å²) in [7, 11) is 0. The second kappa shape index (κ2) is 16.6. The number of amides is 2. The molecule has 1 aliphatic heterocycles. The highest BCUT2D eigenvalue weighted by molar-refractivity contribution is 8.01. The number of nitrogens with one attached hydrogen (secondary N) is 2. The number of alkyl carbamates (subject to hydrolysis) is 1. The molecule has 2 amide bonds. The number of thioether (sulfide) groups is 1. The molecule has 0 radical (unpaired) electrons. The first-order chi connectivity index (χ1) is 26.6. The molecule has 0 aromatic heterocycles. The van der Waals surface area contributed by atoms with Gasteiger partial charge in [0, 0.05) is 30.3 Å². The Bertz CT molecular complexity index is 1950. The fraction of sp³-hybridized carbons (Fsp3) is 0.362. The van der Waals surface area contributed by atoms with Crippen LogP contribution in [0.2, 0.25) is 0 Å². The van der Waals surface area contributed by atoms with Gasteiger partial charge in [0.2, 0.25) is 0 Å². The SMILES string of the molecule is C[C@@H](CC1N(C(=O)c2cccc3ccccc23)CCNC1(CCOC1CC1)NC(=O)OC(C)(C)C)SC(c1ccccc1)(c1ccccc1)c1ccccc1. The van der Waals surface area contributed by atoms with E-state index in [1.165, 1.54) is 16.7 Å². The molecule has 7 rings (SSSR count). The first kappa shape index (κ1) is 38.6. The molecular formula is C47H53N3O4S. The van der Waals surface area contributed by atoms with Gasteiger partial charge in [-0.3, -0.25) is 10.1 Å². The number of rotatable bonds is 13. The summed E-state index contributed by atoms with van der Waals surface area (Å²) in [5, 5.41) is 8.96. The van der Waals surface area contributed by atoms with Crippen LogP contribution in [-0.2, 0) is 14.2 Å². The van der Waals surface area contributed by atoms with Gasteiger partial charge in [-0.2, -0.15) is 0 Å². The lowest BCUT2D eigenvalue weighted by atomic mass is 9.84. The number of carbonyl (C=O) groups is 2. The van der Waals surface area contributed by atoms with Crippen molar-refractivity contribution in [1.82, 2.24) is 15.5 Å². The molecule has 2 fully saturated rings. The molecular weight excluding hydrogens is 703 g/mol. The van der Waals surface area contributed by atoms with Crippen LogP contribution in [0.3, 0.4) is 0 Å². The van der Waals surface area contributed by atoms with Crippen molar-refractivity contribution in [2.45, 2.75) is 86.8 Å². The largest absolute Gasteiger partial charge is 0.444 e.